The van der Waals surface area contributed by atoms with E-state index in [4.69, 9.17) is 9.47 Å². The third kappa shape index (κ3) is 8.12. The van der Waals surface area contributed by atoms with Gasteiger partial charge in [0, 0.05) is 12.1 Å². The largest absolute Gasteiger partial charge is 0.508 e. The first kappa shape index (κ1) is 31.1. The lowest BCUT2D eigenvalue weighted by Crippen LogP contribution is -2.26. The molecule has 43 heavy (non-hydrogen) atoms. The monoisotopic (exact) mass is 587 g/mol. The molecule has 0 fully saturated rings. The molecule has 1 aromatic heterocycles. The van der Waals surface area contributed by atoms with E-state index < -0.39 is 12.1 Å². The zero-order chi connectivity index (χ0) is 30.9. The topological polar surface area (TPSA) is 155 Å². The number of hydrogen-bond donors (Lipinski definition) is 4. The Morgan fingerprint density at radius 2 is 1.26 bits per heavy atom. The fraction of sp³-hybridized carbons (Fsp3) is 0.333. The van der Waals surface area contributed by atoms with Gasteiger partial charge >= 0.3 is 5.97 Å². The first-order chi connectivity index (χ1) is 20.7. The Bertz CT molecular complexity index is 1500. The first-order valence-electron chi connectivity index (χ1n) is 14.4. The molecule has 1 atom stereocenters. The van der Waals surface area contributed by atoms with Gasteiger partial charge in [0.15, 0.2) is 23.6 Å². The quantitative estimate of drug-likeness (QED) is 0.0984. The van der Waals surface area contributed by atoms with E-state index in [0.29, 0.717) is 12.2 Å². The molecule has 1 unspecified atom stereocenters. The fourth-order valence-electron chi connectivity index (χ4n) is 4.48. The highest BCUT2D eigenvalue weighted by Gasteiger charge is 2.20. The molecular weight excluding hydrogens is 550 g/mol. The van der Waals surface area contributed by atoms with Crippen molar-refractivity contribution in [2.24, 2.45) is 0 Å². The summed E-state index contributed by atoms with van der Waals surface area (Å²) in [5, 5.41) is 41.8. The zero-order valence-electron chi connectivity index (χ0n) is 24.6. The van der Waals surface area contributed by atoms with Crippen LogP contribution in [-0.4, -0.2) is 54.1 Å². The highest BCUT2D eigenvalue weighted by Crippen LogP contribution is 2.37. The van der Waals surface area contributed by atoms with Crippen molar-refractivity contribution in [1.82, 2.24) is 15.0 Å². The van der Waals surface area contributed by atoms with Crippen molar-refractivity contribution in [2.45, 2.75) is 65.4 Å². The van der Waals surface area contributed by atoms with Gasteiger partial charge in [-0.1, -0.05) is 45.1 Å². The molecule has 10 nitrogen and oxygen atoms in total. The number of carbonyl (C=O) groups excluding carboxylic acids is 1. The highest BCUT2D eigenvalue weighted by atomic mass is 16.6. The summed E-state index contributed by atoms with van der Waals surface area (Å²) in [4.78, 5) is 25.8. The number of hydrogen-bond acceptors (Lipinski definition) is 10. The van der Waals surface area contributed by atoms with Crippen molar-refractivity contribution in [3.8, 4) is 62.9 Å². The van der Waals surface area contributed by atoms with Crippen LogP contribution >= 0.6 is 0 Å². The molecule has 0 bridgehead atoms. The minimum atomic E-state index is -0.886. The van der Waals surface area contributed by atoms with E-state index in [1.54, 1.807) is 31.2 Å². The van der Waals surface area contributed by atoms with Crippen LogP contribution in [0.5, 0.6) is 28.7 Å². The highest BCUT2D eigenvalue weighted by molar-refractivity contribution is 5.76. The Labute approximate surface area is 250 Å². The second-order valence-electron chi connectivity index (χ2n) is 10.4. The molecule has 1 heterocycles. The van der Waals surface area contributed by atoms with Crippen molar-refractivity contribution in [1.29, 1.82) is 0 Å². The maximum Gasteiger partial charge on any atom is 0.347 e. The van der Waals surface area contributed by atoms with Gasteiger partial charge in [-0.15, -0.1) is 0 Å². The number of esters is 1. The number of nitrogens with zero attached hydrogens (tertiary/aromatic N) is 3. The number of ether oxygens (including phenoxy) is 2. The van der Waals surface area contributed by atoms with E-state index in [1.165, 1.54) is 43.5 Å². The summed E-state index contributed by atoms with van der Waals surface area (Å²) in [5.74, 6) is -0.710. The number of phenols is 4. The van der Waals surface area contributed by atoms with Crippen LogP contribution in [0.15, 0.2) is 54.6 Å². The molecule has 0 aliphatic rings. The molecule has 4 N–H and O–H groups in total. The van der Waals surface area contributed by atoms with Crippen LogP contribution in [0.2, 0.25) is 0 Å². The van der Waals surface area contributed by atoms with Gasteiger partial charge in [0.2, 0.25) is 0 Å². The summed E-state index contributed by atoms with van der Waals surface area (Å²) in [6.07, 6.45) is 5.62. The Kier molecular flexibility index (Phi) is 10.4. The SMILES string of the molecule is CCCCCCCCOC(=O)C(C)Oc1ccc(-c2nc(-c3ccc(C)cc3O)nc(-c3ccc(O)cc3O)n2)c(O)c1. The minimum absolute atomic E-state index is 0.0524. The summed E-state index contributed by atoms with van der Waals surface area (Å²) in [7, 11) is 0. The number of aromatic nitrogens is 3. The van der Waals surface area contributed by atoms with E-state index in [1.807, 2.05) is 6.92 Å². The summed E-state index contributed by atoms with van der Waals surface area (Å²) >= 11 is 0. The van der Waals surface area contributed by atoms with Crippen molar-refractivity contribution in [3.63, 3.8) is 0 Å². The van der Waals surface area contributed by atoms with Crippen molar-refractivity contribution >= 4 is 5.97 Å². The number of aryl methyl sites for hydroxylation is 1. The Morgan fingerprint density at radius 1 is 0.721 bits per heavy atom. The Hall–Kier alpha value is -4.86. The molecule has 0 aliphatic heterocycles. The van der Waals surface area contributed by atoms with Crippen LogP contribution in [0, 0.1) is 6.92 Å². The predicted octanol–water partition coefficient (Wildman–Crippen LogP) is 6.67. The van der Waals surface area contributed by atoms with Gasteiger partial charge in [0.25, 0.3) is 0 Å². The number of benzene rings is 3. The van der Waals surface area contributed by atoms with Crippen LogP contribution in [0.25, 0.3) is 34.2 Å². The molecule has 0 radical (unpaired) electrons. The lowest BCUT2D eigenvalue weighted by Gasteiger charge is -2.15. The number of rotatable bonds is 13. The summed E-state index contributed by atoms with van der Waals surface area (Å²) in [5.41, 5.74) is 1.59. The van der Waals surface area contributed by atoms with Gasteiger partial charge in [-0.3, -0.25) is 0 Å². The second-order valence-corrected chi connectivity index (χ2v) is 10.4. The molecule has 10 heteroatoms. The standard InChI is InChI=1S/C33H37N3O7/c1-4-5-6-7-8-9-16-42-33(41)21(3)43-23-12-15-26(29(40)19-23)32-35-30(24-13-10-20(2)17-27(24)38)34-31(36-32)25-14-11-22(37)18-28(25)39/h10-15,17-19,21,37-40H,4-9,16H2,1-3H3. The van der Waals surface area contributed by atoms with Crippen molar-refractivity contribution in [3.05, 3.63) is 60.2 Å². The van der Waals surface area contributed by atoms with Crippen molar-refractivity contribution < 1.29 is 34.7 Å². The minimum Gasteiger partial charge on any atom is -0.508 e. The molecular formula is C33H37N3O7. The van der Waals surface area contributed by atoms with E-state index >= 15 is 0 Å². The lowest BCUT2D eigenvalue weighted by molar-refractivity contribution is -0.151. The Balaban J connectivity index is 1.56. The Morgan fingerprint density at radius 3 is 1.84 bits per heavy atom. The van der Waals surface area contributed by atoms with Gasteiger partial charge in [-0.25, -0.2) is 19.7 Å². The fourth-order valence-corrected chi connectivity index (χ4v) is 4.48. The van der Waals surface area contributed by atoms with Crippen LogP contribution in [-0.2, 0) is 9.53 Å². The zero-order valence-corrected chi connectivity index (χ0v) is 24.6. The van der Waals surface area contributed by atoms with Crippen LogP contribution in [0.4, 0.5) is 0 Å². The lowest BCUT2D eigenvalue weighted by atomic mass is 10.1. The molecule has 4 rings (SSSR count). The number of aromatic hydroxyl groups is 4. The summed E-state index contributed by atoms with van der Waals surface area (Å²) < 4.78 is 11.1. The molecule has 0 saturated heterocycles. The number of unbranched alkanes of at least 4 members (excludes halogenated alkanes) is 5. The van der Waals surface area contributed by atoms with Gasteiger partial charge < -0.3 is 29.9 Å². The molecule has 0 saturated carbocycles. The number of phenolic OH excluding ortho intramolecular Hbond substituents is 4. The van der Waals surface area contributed by atoms with E-state index in [9.17, 15) is 25.2 Å². The smallest absolute Gasteiger partial charge is 0.347 e. The molecule has 0 spiro atoms. The van der Waals surface area contributed by atoms with E-state index in [2.05, 4.69) is 21.9 Å². The normalized spacial score (nSPS) is 11.7. The summed E-state index contributed by atoms with van der Waals surface area (Å²) in [6, 6.07) is 13.5. The first-order valence-corrected chi connectivity index (χ1v) is 14.4. The predicted molar refractivity (Wildman–Crippen MR) is 162 cm³/mol. The van der Waals surface area contributed by atoms with Gasteiger partial charge in [0.05, 0.1) is 23.3 Å². The molecule has 226 valence electrons. The van der Waals surface area contributed by atoms with Crippen LogP contribution in [0.1, 0.15) is 57.9 Å². The summed E-state index contributed by atoms with van der Waals surface area (Å²) in [6.45, 7) is 5.91. The number of carbonyl (C=O) groups is 1. The molecule has 0 aliphatic carbocycles. The molecule has 3 aromatic carbocycles. The van der Waals surface area contributed by atoms with Gasteiger partial charge in [0.1, 0.15) is 28.7 Å². The van der Waals surface area contributed by atoms with E-state index in [0.717, 1.165) is 30.9 Å². The van der Waals surface area contributed by atoms with Crippen LogP contribution in [0.3, 0.4) is 0 Å². The van der Waals surface area contributed by atoms with Gasteiger partial charge in [-0.2, -0.15) is 0 Å². The van der Waals surface area contributed by atoms with Crippen molar-refractivity contribution in [2.75, 3.05) is 6.61 Å². The molecule has 4 aromatic rings. The average Bonchev–Trinajstić information content (AvgIpc) is 2.96. The van der Waals surface area contributed by atoms with Gasteiger partial charge in [-0.05, 0) is 62.2 Å². The van der Waals surface area contributed by atoms with E-state index in [-0.39, 0.29) is 57.3 Å². The third-order valence-electron chi connectivity index (χ3n) is 6.85. The maximum atomic E-state index is 12.4. The second kappa shape index (κ2) is 14.4. The average molecular weight is 588 g/mol. The maximum absolute atomic E-state index is 12.4. The third-order valence-corrected chi connectivity index (χ3v) is 6.85. The molecule has 0 amide bonds. The van der Waals surface area contributed by atoms with Crippen LogP contribution < -0.4 is 4.74 Å².